The van der Waals surface area contributed by atoms with Crippen molar-refractivity contribution in [1.29, 1.82) is 0 Å². The molecule has 2 aromatic rings. The van der Waals surface area contributed by atoms with Gasteiger partial charge in [0.25, 0.3) is 0 Å². The summed E-state index contributed by atoms with van der Waals surface area (Å²) in [5.41, 5.74) is 3.43. The molecule has 0 atom stereocenters. The highest BCUT2D eigenvalue weighted by molar-refractivity contribution is 7.88. The molecule has 0 aliphatic heterocycles. The number of benzene rings is 2. The number of sulfonamides is 1. The molecule has 0 radical (unpaired) electrons. The van der Waals surface area contributed by atoms with Crippen LogP contribution < -0.4 is 4.72 Å². The van der Waals surface area contributed by atoms with Crippen molar-refractivity contribution in [3.8, 4) is 0 Å². The normalized spacial score (nSPS) is 11.3. The monoisotopic (exact) mass is 361 g/mol. The third-order valence-electron chi connectivity index (χ3n) is 3.82. The third-order valence-corrected chi connectivity index (χ3v) is 5.17. The van der Waals surface area contributed by atoms with Crippen LogP contribution in [0.3, 0.4) is 0 Å². The number of carbonyl (C=O) groups is 1. The topological polar surface area (TPSA) is 72.5 Å². The minimum atomic E-state index is -3.40. The van der Waals surface area contributed by atoms with Gasteiger partial charge in [-0.15, -0.1) is 0 Å². The van der Waals surface area contributed by atoms with Gasteiger partial charge in [-0.25, -0.2) is 17.9 Å². The molecule has 5 nitrogen and oxygen atoms in total. The lowest BCUT2D eigenvalue weighted by molar-refractivity contribution is 0.0600. The molecule has 0 heterocycles. The zero-order valence-electron chi connectivity index (χ0n) is 14.5. The van der Waals surface area contributed by atoms with E-state index in [1.807, 2.05) is 6.92 Å². The Morgan fingerprint density at radius 2 is 1.60 bits per heavy atom. The summed E-state index contributed by atoms with van der Waals surface area (Å²) < 4.78 is 31.5. The summed E-state index contributed by atoms with van der Waals surface area (Å²) in [6.45, 7) is 2.44. The lowest BCUT2D eigenvalue weighted by Crippen LogP contribution is -2.26. The van der Waals surface area contributed by atoms with E-state index < -0.39 is 16.0 Å². The van der Waals surface area contributed by atoms with Crippen molar-refractivity contribution < 1.29 is 17.9 Å². The van der Waals surface area contributed by atoms with Gasteiger partial charge in [-0.3, -0.25) is 0 Å². The van der Waals surface area contributed by atoms with Crippen LogP contribution in [0.2, 0.25) is 0 Å². The van der Waals surface area contributed by atoms with Crippen molar-refractivity contribution in [3.05, 3.63) is 70.8 Å². The Morgan fingerprint density at radius 3 is 2.20 bits per heavy atom. The molecular formula is C19H23NO4S. The molecule has 0 aliphatic rings. The summed E-state index contributed by atoms with van der Waals surface area (Å²) in [6, 6.07) is 14.6. The molecule has 0 saturated heterocycles. The maximum absolute atomic E-state index is 12.1. The summed E-state index contributed by atoms with van der Waals surface area (Å²) in [5.74, 6) is -0.553. The quantitative estimate of drug-likeness (QED) is 0.580. The van der Waals surface area contributed by atoms with Crippen LogP contribution in [0, 0.1) is 6.92 Å². The number of hydrogen-bond donors (Lipinski definition) is 1. The number of nitrogens with one attached hydrogen (secondary N) is 1. The second-order valence-corrected chi connectivity index (χ2v) is 7.74. The maximum atomic E-state index is 12.1. The minimum Gasteiger partial charge on any atom is -0.465 e. The Labute approximate surface area is 149 Å². The molecule has 0 saturated carbocycles. The highest BCUT2D eigenvalue weighted by atomic mass is 32.2. The Hall–Kier alpha value is -2.18. The number of ether oxygens (including phenoxy) is 1. The first-order valence-corrected chi connectivity index (χ1v) is 9.75. The van der Waals surface area contributed by atoms with Crippen LogP contribution in [-0.4, -0.2) is 28.0 Å². The van der Waals surface area contributed by atoms with Crippen LogP contribution in [0.15, 0.2) is 48.5 Å². The summed E-state index contributed by atoms with van der Waals surface area (Å²) in [4.78, 5) is 11.4. The first-order valence-electron chi connectivity index (χ1n) is 8.10. The minimum absolute atomic E-state index is 0.112. The number of carbonyl (C=O) groups excluding carboxylic acids is 1. The van der Waals surface area contributed by atoms with Gasteiger partial charge in [0.1, 0.15) is 0 Å². The lowest BCUT2D eigenvalue weighted by Gasteiger charge is -2.08. The van der Waals surface area contributed by atoms with Crippen molar-refractivity contribution in [3.63, 3.8) is 0 Å². The second-order valence-electron chi connectivity index (χ2n) is 5.93. The van der Waals surface area contributed by atoms with Crippen LogP contribution in [0.4, 0.5) is 0 Å². The highest BCUT2D eigenvalue weighted by Gasteiger charge is 2.12. The van der Waals surface area contributed by atoms with E-state index in [-0.39, 0.29) is 5.75 Å². The largest absolute Gasteiger partial charge is 0.465 e. The van der Waals surface area contributed by atoms with Crippen molar-refractivity contribution >= 4 is 16.0 Å². The predicted octanol–water partition coefficient (Wildman–Crippen LogP) is 2.83. The van der Waals surface area contributed by atoms with Gasteiger partial charge in [-0.2, -0.15) is 0 Å². The Bertz CT molecular complexity index is 796. The Kier molecular flexibility index (Phi) is 6.73. The van der Waals surface area contributed by atoms with Crippen LogP contribution >= 0.6 is 0 Å². The fraction of sp³-hybridized carbons (Fsp3) is 0.316. The maximum Gasteiger partial charge on any atom is 0.337 e. The van der Waals surface area contributed by atoms with Gasteiger partial charge in [-0.1, -0.05) is 42.0 Å². The van der Waals surface area contributed by atoms with E-state index in [4.69, 9.17) is 0 Å². The third kappa shape index (κ3) is 6.32. The standard InChI is InChI=1S/C19H23NO4S/c1-15-5-7-16(8-6-15)4-3-13-20-25(22,23)14-17-9-11-18(12-10-17)19(21)24-2/h5-12,20H,3-4,13-14H2,1-2H3. The zero-order chi connectivity index (χ0) is 18.3. The first-order chi connectivity index (χ1) is 11.9. The summed E-state index contributed by atoms with van der Waals surface area (Å²) in [6.07, 6.45) is 1.57. The van der Waals surface area contributed by atoms with E-state index in [2.05, 4.69) is 33.7 Å². The van der Waals surface area contributed by atoms with Crippen LogP contribution in [0.25, 0.3) is 0 Å². The molecule has 0 amide bonds. The molecule has 0 fully saturated rings. The summed E-state index contributed by atoms with van der Waals surface area (Å²) in [7, 11) is -2.09. The van der Waals surface area contributed by atoms with Crippen molar-refractivity contribution in [2.24, 2.45) is 0 Å². The van der Waals surface area contributed by atoms with Gasteiger partial charge in [0, 0.05) is 6.54 Å². The highest BCUT2D eigenvalue weighted by Crippen LogP contribution is 2.09. The molecule has 0 bridgehead atoms. The second kappa shape index (κ2) is 8.78. The number of esters is 1. The van der Waals surface area contributed by atoms with Crippen LogP contribution in [0.5, 0.6) is 0 Å². The molecule has 2 aromatic carbocycles. The van der Waals surface area contributed by atoms with E-state index in [0.29, 0.717) is 17.7 Å². The molecule has 134 valence electrons. The Morgan fingerprint density at radius 1 is 1.00 bits per heavy atom. The molecule has 0 unspecified atom stereocenters. The molecule has 6 heteroatoms. The fourth-order valence-corrected chi connectivity index (χ4v) is 3.59. The van der Waals surface area contributed by atoms with Crippen molar-refractivity contribution in [1.82, 2.24) is 4.72 Å². The SMILES string of the molecule is COC(=O)c1ccc(CS(=O)(=O)NCCCc2ccc(C)cc2)cc1. The number of aryl methyl sites for hydroxylation is 2. The van der Waals surface area contributed by atoms with Gasteiger partial charge in [-0.05, 0) is 43.0 Å². The Balaban J connectivity index is 1.81. The predicted molar refractivity (Wildman–Crippen MR) is 97.9 cm³/mol. The van der Waals surface area contributed by atoms with Gasteiger partial charge in [0.05, 0.1) is 18.4 Å². The molecule has 1 N–H and O–H groups in total. The molecule has 2 rings (SSSR count). The van der Waals surface area contributed by atoms with Gasteiger partial charge in [0.15, 0.2) is 0 Å². The average molecular weight is 361 g/mol. The average Bonchev–Trinajstić information content (AvgIpc) is 2.60. The molecule has 0 aromatic heterocycles. The number of rotatable bonds is 8. The van der Waals surface area contributed by atoms with Crippen molar-refractivity contribution in [2.75, 3.05) is 13.7 Å². The summed E-state index contributed by atoms with van der Waals surface area (Å²) in [5, 5.41) is 0. The smallest absolute Gasteiger partial charge is 0.337 e. The van der Waals surface area contributed by atoms with Gasteiger partial charge >= 0.3 is 5.97 Å². The fourth-order valence-electron chi connectivity index (χ4n) is 2.40. The number of hydrogen-bond acceptors (Lipinski definition) is 4. The zero-order valence-corrected chi connectivity index (χ0v) is 15.3. The van der Waals surface area contributed by atoms with Crippen LogP contribution in [-0.2, 0) is 26.9 Å². The van der Waals surface area contributed by atoms with Gasteiger partial charge in [0.2, 0.25) is 10.0 Å². The van der Waals surface area contributed by atoms with Gasteiger partial charge < -0.3 is 4.74 Å². The molecular weight excluding hydrogens is 338 g/mol. The van der Waals surface area contributed by atoms with Crippen LogP contribution in [0.1, 0.15) is 33.5 Å². The van der Waals surface area contributed by atoms with E-state index in [0.717, 1.165) is 12.8 Å². The van der Waals surface area contributed by atoms with E-state index in [1.165, 1.54) is 18.2 Å². The lowest BCUT2D eigenvalue weighted by atomic mass is 10.1. The van der Waals surface area contributed by atoms with E-state index in [9.17, 15) is 13.2 Å². The molecule has 0 aliphatic carbocycles. The summed E-state index contributed by atoms with van der Waals surface area (Å²) >= 11 is 0. The molecule has 25 heavy (non-hydrogen) atoms. The number of methoxy groups -OCH3 is 1. The molecule has 0 spiro atoms. The van der Waals surface area contributed by atoms with E-state index >= 15 is 0 Å². The van der Waals surface area contributed by atoms with E-state index in [1.54, 1.807) is 24.3 Å². The van der Waals surface area contributed by atoms with Crippen molar-refractivity contribution in [2.45, 2.75) is 25.5 Å². The first kappa shape index (κ1) is 19.1.